The summed E-state index contributed by atoms with van der Waals surface area (Å²) in [6.07, 6.45) is 7.60. The van der Waals surface area contributed by atoms with Gasteiger partial charge in [-0.2, -0.15) is 0 Å². The van der Waals surface area contributed by atoms with Gasteiger partial charge in [0, 0.05) is 19.1 Å². The van der Waals surface area contributed by atoms with Crippen LogP contribution in [0.4, 0.5) is 0 Å². The highest BCUT2D eigenvalue weighted by atomic mass is 35.5. The lowest BCUT2D eigenvalue weighted by Gasteiger charge is -2.16. The second kappa shape index (κ2) is 11.2. The van der Waals surface area contributed by atoms with Crippen molar-refractivity contribution in [3.63, 3.8) is 0 Å². The molecule has 0 heterocycles. The quantitative estimate of drug-likeness (QED) is 0.515. The van der Waals surface area contributed by atoms with Crippen LogP contribution in [0.15, 0.2) is 0 Å². The van der Waals surface area contributed by atoms with Gasteiger partial charge >= 0.3 is 0 Å². The standard InChI is InChI=1S/C15H30N2O3S.ClH/c1-13(2)11-21(19,20)12-15(18)17-10-9-16-14-7-5-3-4-6-8-14;/h13-14,16H,3-12H2,1-2H3,(H,17,18);1H. The van der Waals surface area contributed by atoms with Crippen LogP contribution in [0, 0.1) is 5.92 Å². The van der Waals surface area contributed by atoms with Crippen molar-refractivity contribution in [2.24, 2.45) is 5.92 Å². The first-order valence-corrected chi connectivity index (χ1v) is 9.91. The van der Waals surface area contributed by atoms with Crippen molar-refractivity contribution >= 4 is 28.2 Å². The number of rotatable bonds is 8. The molecule has 1 aliphatic rings. The highest BCUT2D eigenvalue weighted by Gasteiger charge is 2.18. The van der Waals surface area contributed by atoms with Crippen molar-refractivity contribution in [1.82, 2.24) is 10.6 Å². The van der Waals surface area contributed by atoms with Crippen LogP contribution in [-0.4, -0.2) is 45.0 Å². The largest absolute Gasteiger partial charge is 0.354 e. The molecule has 0 aromatic rings. The van der Waals surface area contributed by atoms with E-state index in [0.717, 1.165) is 0 Å². The Bertz CT molecular complexity index is 405. The molecule has 0 spiro atoms. The van der Waals surface area contributed by atoms with Gasteiger partial charge in [-0.05, 0) is 18.8 Å². The highest BCUT2D eigenvalue weighted by molar-refractivity contribution is 7.92. The van der Waals surface area contributed by atoms with Crippen molar-refractivity contribution in [1.29, 1.82) is 0 Å². The van der Waals surface area contributed by atoms with Crippen LogP contribution in [0.25, 0.3) is 0 Å². The zero-order chi connectivity index (χ0) is 15.7. The number of sulfone groups is 1. The van der Waals surface area contributed by atoms with Crippen molar-refractivity contribution < 1.29 is 13.2 Å². The first-order valence-electron chi connectivity index (χ1n) is 8.09. The summed E-state index contributed by atoms with van der Waals surface area (Å²) in [5.41, 5.74) is 0. The fraction of sp³-hybridized carbons (Fsp3) is 0.933. The van der Waals surface area contributed by atoms with E-state index in [4.69, 9.17) is 0 Å². The van der Waals surface area contributed by atoms with Crippen LogP contribution in [0.3, 0.4) is 0 Å². The van der Waals surface area contributed by atoms with Gasteiger partial charge in [0.25, 0.3) is 0 Å². The van der Waals surface area contributed by atoms with Crippen LogP contribution in [0.5, 0.6) is 0 Å². The Kier molecular flexibility index (Phi) is 11.1. The topological polar surface area (TPSA) is 75.3 Å². The minimum Gasteiger partial charge on any atom is -0.354 e. The molecule has 132 valence electrons. The number of halogens is 1. The molecule has 1 amide bonds. The van der Waals surface area contributed by atoms with E-state index in [9.17, 15) is 13.2 Å². The van der Waals surface area contributed by atoms with Crippen molar-refractivity contribution in [2.75, 3.05) is 24.6 Å². The minimum atomic E-state index is -3.27. The Labute approximate surface area is 141 Å². The third-order valence-corrected chi connectivity index (χ3v) is 5.55. The first-order chi connectivity index (χ1) is 9.89. The van der Waals surface area contributed by atoms with E-state index in [1.807, 2.05) is 13.8 Å². The lowest BCUT2D eigenvalue weighted by atomic mass is 10.1. The summed E-state index contributed by atoms with van der Waals surface area (Å²) in [4.78, 5) is 11.6. The summed E-state index contributed by atoms with van der Waals surface area (Å²) < 4.78 is 23.4. The molecule has 1 aliphatic carbocycles. The zero-order valence-electron chi connectivity index (χ0n) is 13.8. The number of hydrogen-bond acceptors (Lipinski definition) is 4. The molecular formula is C15H31ClN2O3S. The van der Waals surface area contributed by atoms with Crippen LogP contribution in [-0.2, 0) is 14.6 Å². The number of nitrogens with one attached hydrogen (secondary N) is 2. The zero-order valence-corrected chi connectivity index (χ0v) is 15.4. The van der Waals surface area contributed by atoms with E-state index < -0.39 is 21.5 Å². The van der Waals surface area contributed by atoms with Crippen LogP contribution in [0.2, 0.25) is 0 Å². The molecule has 0 aliphatic heterocycles. The molecule has 0 unspecified atom stereocenters. The Balaban J connectivity index is 0.00000441. The molecular weight excluding hydrogens is 324 g/mol. The molecule has 2 N–H and O–H groups in total. The van der Waals surface area contributed by atoms with Gasteiger partial charge in [0.1, 0.15) is 5.75 Å². The normalized spacial score (nSPS) is 16.9. The van der Waals surface area contributed by atoms with E-state index in [2.05, 4.69) is 10.6 Å². The SMILES string of the molecule is CC(C)CS(=O)(=O)CC(=O)NCCNC1CCCCCC1.Cl. The molecule has 1 rings (SSSR count). The lowest BCUT2D eigenvalue weighted by Crippen LogP contribution is -2.39. The molecule has 0 atom stereocenters. The molecule has 5 nitrogen and oxygen atoms in total. The second-order valence-corrected chi connectivity index (χ2v) is 8.55. The molecule has 0 aromatic heterocycles. The van der Waals surface area contributed by atoms with Crippen molar-refractivity contribution in [3.8, 4) is 0 Å². The fourth-order valence-electron chi connectivity index (χ4n) is 2.78. The van der Waals surface area contributed by atoms with Gasteiger partial charge in [-0.25, -0.2) is 8.42 Å². The molecule has 7 heteroatoms. The maximum absolute atomic E-state index is 11.7. The average molecular weight is 355 g/mol. The van der Waals surface area contributed by atoms with E-state index in [1.54, 1.807) is 0 Å². The first kappa shape index (κ1) is 21.7. The fourth-order valence-corrected chi connectivity index (χ4v) is 4.41. The summed E-state index contributed by atoms with van der Waals surface area (Å²) >= 11 is 0. The summed E-state index contributed by atoms with van der Waals surface area (Å²) in [7, 11) is -3.27. The summed E-state index contributed by atoms with van der Waals surface area (Å²) in [5, 5.41) is 6.13. The van der Waals surface area contributed by atoms with Gasteiger partial charge in [0.05, 0.1) is 5.75 Å². The molecule has 0 aromatic carbocycles. The van der Waals surface area contributed by atoms with Crippen molar-refractivity contribution in [2.45, 2.75) is 58.4 Å². The summed E-state index contributed by atoms with van der Waals surface area (Å²) in [6, 6.07) is 0.550. The van der Waals surface area contributed by atoms with Crippen LogP contribution in [0.1, 0.15) is 52.4 Å². The predicted molar refractivity (Wildman–Crippen MR) is 93.2 cm³/mol. The Morgan fingerprint density at radius 3 is 2.23 bits per heavy atom. The van der Waals surface area contributed by atoms with E-state index >= 15 is 0 Å². The van der Waals surface area contributed by atoms with Gasteiger partial charge in [-0.1, -0.05) is 39.5 Å². The number of amides is 1. The van der Waals surface area contributed by atoms with Gasteiger partial charge in [-0.15, -0.1) is 12.4 Å². The summed E-state index contributed by atoms with van der Waals surface area (Å²) in [6.45, 7) is 4.88. The maximum Gasteiger partial charge on any atom is 0.235 e. The molecule has 1 saturated carbocycles. The molecule has 0 bridgehead atoms. The number of carbonyl (C=O) groups excluding carboxylic acids is 1. The lowest BCUT2D eigenvalue weighted by molar-refractivity contribution is -0.118. The molecule has 0 radical (unpaired) electrons. The second-order valence-electron chi connectivity index (χ2n) is 6.44. The smallest absolute Gasteiger partial charge is 0.235 e. The van der Waals surface area contributed by atoms with Gasteiger partial charge < -0.3 is 10.6 Å². The third-order valence-electron chi connectivity index (χ3n) is 3.67. The van der Waals surface area contributed by atoms with E-state index in [0.29, 0.717) is 19.1 Å². The Morgan fingerprint density at radius 2 is 1.68 bits per heavy atom. The maximum atomic E-state index is 11.7. The minimum absolute atomic E-state index is 0. The predicted octanol–water partition coefficient (Wildman–Crippen LogP) is 1.91. The average Bonchev–Trinajstić information content (AvgIpc) is 2.60. The highest BCUT2D eigenvalue weighted by Crippen LogP contribution is 2.16. The van der Waals surface area contributed by atoms with Gasteiger partial charge in [0.15, 0.2) is 9.84 Å². The molecule has 0 saturated heterocycles. The Morgan fingerprint density at radius 1 is 1.09 bits per heavy atom. The van der Waals surface area contributed by atoms with E-state index in [-0.39, 0.29) is 24.1 Å². The third kappa shape index (κ3) is 10.4. The number of hydrogen-bond donors (Lipinski definition) is 2. The van der Waals surface area contributed by atoms with Crippen molar-refractivity contribution in [3.05, 3.63) is 0 Å². The van der Waals surface area contributed by atoms with Crippen LogP contribution >= 0.6 is 12.4 Å². The number of carbonyl (C=O) groups is 1. The molecule has 1 fully saturated rings. The monoisotopic (exact) mass is 354 g/mol. The Hall–Kier alpha value is -0.330. The van der Waals surface area contributed by atoms with Gasteiger partial charge in [-0.3, -0.25) is 4.79 Å². The molecule has 22 heavy (non-hydrogen) atoms. The van der Waals surface area contributed by atoms with Gasteiger partial charge in [0.2, 0.25) is 5.91 Å². The van der Waals surface area contributed by atoms with E-state index in [1.165, 1.54) is 38.5 Å². The summed E-state index contributed by atoms with van der Waals surface area (Å²) in [5.74, 6) is -0.659. The van der Waals surface area contributed by atoms with Crippen LogP contribution < -0.4 is 10.6 Å².